The van der Waals surface area contributed by atoms with Crippen molar-refractivity contribution < 1.29 is 24.7 Å². The average Bonchev–Trinajstić information content (AvgIpc) is 2.56. The summed E-state index contributed by atoms with van der Waals surface area (Å²) >= 11 is 5.42. The molecule has 1 aliphatic rings. The molecule has 0 bridgehead atoms. The first-order valence-corrected chi connectivity index (χ1v) is 7.17. The van der Waals surface area contributed by atoms with E-state index in [0.29, 0.717) is 16.3 Å². The van der Waals surface area contributed by atoms with Gasteiger partial charge in [0.25, 0.3) is 11.8 Å². The van der Waals surface area contributed by atoms with Crippen LogP contribution in [0.5, 0.6) is 5.75 Å². The zero-order valence-electron chi connectivity index (χ0n) is 11.7. The predicted molar refractivity (Wildman–Crippen MR) is 80.5 cm³/mol. The maximum absolute atomic E-state index is 12.0. The number of benzene rings is 2. The number of rotatable bonds is 3. The average molecular weight is 335 g/mol. The minimum Gasteiger partial charge on any atom is -0.508 e. The first-order valence-electron chi connectivity index (χ1n) is 6.63. The van der Waals surface area contributed by atoms with Crippen LogP contribution < -0.4 is 5.32 Å². The van der Waals surface area contributed by atoms with Gasteiger partial charge in [0, 0.05) is 17.5 Å². The zero-order valence-corrected chi connectivity index (χ0v) is 12.4. The molecule has 0 fully saturated rings. The van der Waals surface area contributed by atoms with Gasteiger partial charge in [-0.1, -0.05) is 12.1 Å². The maximum atomic E-state index is 12.0. The van der Waals surface area contributed by atoms with Gasteiger partial charge in [0.15, 0.2) is 0 Å². The topological polar surface area (TPSA) is 107 Å². The van der Waals surface area contributed by atoms with Gasteiger partial charge in [0.05, 0.1) is 11.1 Å². The molecular formula is C15H11ClN2O5. The van der Waals surface area contributed by atoms with E-state index in [1.54, 1.807) is 12.1 Å². The molecule has 1 aliphatic heterocycles. The quantitative estimate of drug-likeness (QED) is 0.446. The number of imide groups is 1. The maximum Gasteiger partial charge on any atom is 0.285 e. The molecule has 3 rings (SSSR count). The lowest BCUT2D eigenvalue weighted by Gasteiger charge is -2.23. The summed E-state index contributed by atoms with van der Waals surface area (Å²) < 4.78 is 0. The van der Waals surface area contributed by atoms with Crippen molar-refractivity contribution in [3.05, 3.63) is 41.0 Å². The number of nitrogens with zero attached hydrogens (tertiary/aromatic N) is 1. The first-order chi connectivity index (χ1) is 11.0. The molecule has 7 nitrogen and oxygen atoms in total. The Kier molecular flexibility index (Phi) is 3.67. The third-order valence-corrected chi connectivity index (χ3v) is 3.92. The van der Waals surface area contributed by atoms with E-state index in [0.717, 1.165) is 0 Å². The van der Waals surface area contributed by atoms with Crippen LogP contribution in [0.15, 0.2) is 24.3 Å². The Morgan fingerprint density at radius 3 is 2.61 bits per heavy atom. The van der Waals surface area contributed by atoms with Gasteiger partial charge in [-0.25, -0.2) is 0 Å². The van der Waals surface area contributed by atoms with Crippen LogP contribution in [0, 0.1) is 0 Å². The molecule has 0 aliphatic carbocycles. The van der Waals surface area contributed by atoms with E-state index in [9.17, 15) is 24.7 Å². The second kappa shape index (κ2) is 5.53. The molecule has 3 amide bonds. The summed E-state index contributed by atoms with van der Waals surface area (Å²) in [4.78, 5) is 35.4. The van der Waals surface area contributed by atoms with E-state index in [4.69, 9.17) is 11.6 Å². The van der Waals surface area contributed by atoms with Gasteiger partial charge in [-0.3, -0.25) is 19.6 Å². The Morgan fingerprint density at radius 1 is 1.22 bits per heavy atom. The standard InChI is InChI=1S/C15H11ClN2O5/c16-5-12(20)17-6-10-7-2-1-3-8-13(7)9(4-11(10)19)15(22)18(23)14(8)21/h1-4,19,23H,5-6H2,(H,17,20). The molecule has 1 heterocycles. The molecule has 0 saturated carbocycles. The van der Waals surface area contributed by atoms with Crippen LogP contribution >= 0.6 is 11.6 Å². The number of aromatic hydroxyl groups is 1. The summed E-state index contributed by atoms with van der Waals surface area (Å²) in [5.74, 6) is -2.62. The van der Waals surface area contributed by atoms with Crippen LogP contribution in [0.25, 0.3) is 10.8 Å². The van der Waals surface area contributed by atoms with Crippen molar-refractivity contribution in [1.29, 1.82) is 0 Å². The molecule has 2 aromatic carbocycles. The zero-order chi connectivity index (χ0) is 16.7. The summed E-state index contributed by atoms with van der Waals surface area (Å²) in [5.41, 5.74) is 0.517. The Balaban J connectivity index is 2.23. The Labute approximate surface area is 135 Å². The van der Waals surface area contributed by atoms with E-state index < -0.39 is 17.7 Å². The minimum absolute atomic E-state index is 0.0111. The fourth-order valence-electron chi connectivity index (χ4n) is 2.62. The van der Waals surface area contributed by atoms with Crippen molar-refractivity contribution in [2.45, 2.75) is 6.54 Å². The van der Waals surface area contributed by atoms with Crippen molar-refractivity contribution in [2.75, 3.05) is 5.88 Å². The lowest BCUT2D eigenvalue weighted by atomic mass is 9.91. The number of hydrogen-bond acceptors (Lipinski definition) is 5. The third-order valence-electron chi connectivity index (χ3n) is 3.68. The monoisotopic (exact) mass is 334 g/mol. The summed E-state index contributed by atoms with van der Waals surface area (Å²) in [6.07, 6.45) is 0. The van der Waals surface area contributed by atoms with E-state index in [2.05, 4.69) is 5.32 Å². The van der Waals surface area contributed by atoms with E-state index in [1.807, 2.05) is 0 Å². The van der Waals surface area contributed by atoms with Gasteiger partial charge >= 0.3 is 0 Å². The molecule has 0 radical (unpaired) electrons. The highest BCUT2D eigenvalue weighted by Crippen LogP contribution is 2.36. The number of halogens is 1. The van der Waals surface area contributed by atoms with E-state index >= 15 is 0 Å². The fourth-order valence-corrected chi connectivity index (χ4v) is 2.71. The predicted octanol–water partition coefficient (Wildman–Crippen LogP) is 1.39. The van der Waals surface area contributed by atoms with Gasteiger partial charge in [-0.2, -0.15) is 0 Å². The van der Waals surface area contributed by atoms with Crippen LogP contribution in [0.3, 0.4) is 0 Å². The third kappa shape index (κ3) is 2.30. The normalized spacial score (nSPS) is 13.6. The number of nitrogens with one attached hydrogen (secondary N) is 1. The van der Waals surface area contributed by atoms with Crippen LogP contribution in [0.1, 0.15) is 26.3 Å². The highest BCUT2D eigenvalue weighted by molar-refractivity contribution is 6.27. The highest BCUT2D eigenvalue weighted by Gasteiger charge is 2.33. The van der Waals surface area contributed by atoms with Crippen LogP contribution in [-0.4, -0.2) is 39.0 Å². The molecule has 8 heteroatoms. The number of hydroxylamine groups is 2. The molecule has 0 atom stereocenters. The SMILES string of the molecule is O=C(CCl)NCc1c(O)cc2c3c(cccc13)C(=O)N(O)C2=O. The number of alkyl halides is 1. The Bertz CT molecular complexity index is 865. The minimum atomic E-state index is -0.912. The summed E-state index contributed by atoms with van der Waals surface area (Å²) in [6.45, 7) is -0.0111. The lowest BCUT2D eigenvalue weighted by Crippen LogP contribution is -2.37. The molecule has 2 aromatic rings. The van der Waals surface area contributed by atoms with Crippen molar-refractivity contribution in [1.82, 2.24) is 10.4 Å². The van der Waals surface area contributed by atoms with E-state index in [-0.39, 0.29) is 34.4 Å². The van der Waals surface area contributed by atoms with Crippen molar-refractivity contribution in [3.8, 4) is 5.75 Å². The number of amides is 3. The van der Waals surface area contributed by atoms with Gasteiger partial charge in [-0.05, 0) is 17.5 Å². The van der Waals surface area contributed by atoms with Crippen molar-refractivity contribution in [3.63, 3.8) is 0 Å². The summed E-state index contributed by atoms with van der Waals surface area (Å²) in [7, 11) is 0. The molecule has 118 valence electrons. The highest BCUT2D eigenvalue weighted by atomic mass is 35.5. The van der Waals surface area contributed by atoms with Gasteiger partial charge in [-0.15, -0.1) is 16.7 Å². The number of phenolic OH excluding ortho intramolecular Hbond substituents is 1. The number of phenols is 1. The summed E-state index contributed by atoms with van der Waals surface area (Å²) in [6, 6.07) is 5.83. The van der Waals surface area contributed by atoms with Crippen LogP contribution in [0.2, 0.25) is 0 Å². The molecular weight excluding hydrogens is 324 g/mol. The Morgan fingerprint density at radius 2 is 1.91 bits per heavy atom. The molecule has 0 aromatic heterocycles. The van der Waals surface area contributed by atoms with Gasteiger partial charge in [0.1, 0.15) is 11.6 Å². The van der Waals surface area contributed by atoms with Crippen molar-refractivity contribution >= 4 is 40.1 Å². The van der Waals surface area contributed by atoms with E-state index in [1.165, 1.54) is 12.1 Å². The Hall–Kier alpha value is -2.64. The smallest absolute Gasteiger partial charge is 0.285 e. The van der Waals surface area contributed by atoms with Gasteiger partial charge in [0.2, 0.25) is 5.91 Å². The number of hydrogen-bond donors (Lipinski definition) is 3. The number of carbonyl (C=O) groups excluding carboxylic acids is 3. The second-order valence-corrected chi connectivity index (χ2v) is 5.25. The lowest BCUT2D eigenvalue weighted by molar-refractivity contribution is -0.118. The van der Waals surface area contributed by atoms with Crippen LogP contribution in [-0.2, 0) is 11.3 Å². The fraction of sp³-hybridized carbons (Fsp3) is 0.133. The molecule has 3 N–H and O–H groups in total. The van der Waals surface area contributed by atoms with Gasteiger partial charge < -0.3 is 10.4 Å². The molecule has 23 heavy (non-hydrogen) atoms. The summed E-state index contributed by atoms with van der Waals surface area (Å²) in [5, 5.41) is 23.1. The van der Waals surface area contributed by atoms with Crippen molar-refractivity contribution in [2.24, 2.45) is 0 Å². The molecule has 0 saturated heterocycles. The second-order valence-electron chi connectivity index (χ2n) is 4.98. The first kappa shape index (κ1) is 15.3. The number of carbonyl (C=O) groups is 3. The molecule has 0 spiro atoms. The largest absolute Gasteiger partial charge is 0.508 e. The molecule has 0 unspecified atom stereocenters. The van der Waals surface area contributed by atoms with Crippen LogP contribution in [0.4, 0.5) is 0 Å².